The number of fused-ring (bicyclic) bond motifs is 2. The summed E-state index contributed by atoms with van der Waals surface area (Å²) in [5.41, 5.74) is 4.22. The fraction of sp³-hybridized carbons (Fsp3) is 0.280. The van der Waals surface area contributed by atoms with Gasteiger partial charge in [-0.15, -0.1) is 0 Å². The standard InChI is InChI=1S/C25H25N5O2/c1-15-8-10-16(11-9-15)30-21-13-25(2,3)12-20(19(21)14-26-30)27-24(32)22-17-6-4-5-7-18(17)23(31)29-28-22/h4-11,14,20H,12-13H2,1-3H3,(H,27,32)(H,29,31)/t20-/m0/s1. The number of amides is 1. The minimum absolute atomic E-state index is 0.0199. The lowest BCUT2D eigenvalue weighted by Gasteiger charge is -2.36. The van der Waals surface area contributed by atoms with Crippen molar-refractivity contribution in [1.29, 1.82) is 0 Å². The highest BCUT2D eigenvalue weighted by molar-refractivity contribution is 6.04. The molecule has 0 bridgehead atoms. The van der Waals surface area contributed by atoms with E-state index in [0.717, 1.165) is 29.8 Å². The summed E-state index contributed by atoms with van der Waals surface area (Å²) in [4.78, 5) is 25.3. The van der Waals surface area contributed by atoms with Crippen molar-refractivity contribution >= 4 is 16.7 Å². The minimum atomic E-state index is -0.311. The molecular weight excluding hydrogens is 402 g/mol. The van der Waals surface area contributed by atoms with Crippen LogP contribution < -0.4 is 10.9 Å². The minimum Gasteiger partial charge on any atom is -0.344 e. The molecule has 1 atom stereocenters. The van der Waals surface area contributed by atoms with Crippen molar-refractivity contribution in [2.45, 2.75) is 39.7 Å². The van der Waals surface area contributed by atoms with Gasteiger partial charge >= 0.3 is 0 Å². The number of aryl methyl sites for hydroxylation is 1. The topological polar surface area (TPSA) is 92.7 Å². The van der Waals surface area contributed by atoms with Crippen LogP contribution in [0.2, 0.25) is 0 Å². The van der Waals surface area contributed by atoms with Crippen LogP contribution in [-0.4, -0.2) is 25.9 Å². The molecule has 7 heteroatoms. The smallest absolute Gasteiger partial charge is 0.272 e. The van der Waals surface area contributed by atoms with Crippen LogP contribution in [0.4, 0.5) is 0 Å². The molecule has 0 aliphatic heterocycles. The maximum atomic E-state index is 13.3. The van der Waals surface area contributed by atoms with Crippen LogP contribution in [0.25, 0.3) is 16.5 Å². The van der Waals surface area contributed by atoms with E-state index in [-0.39, 0.29) is 28.6 Å². The molecule has 1 amide bonds. The Hall–Kier alpha value is -3.74. The molecule has 1 aliphatic carbocycles. The lowest BCUT2D eigenvalue weighted by Crippen LogP contribution is -2.37. The number of hydrogen-bond acceptors (Lipinski definition) is 4. The normalized spacial score (nSPS) is 17.2. The van der Waals surface area contributed by atoms with Crippen molar-refractivity contribution in [3.63, 3.8) is 0 Å². The second kappa shape index (κ2) is 7.44. The molecule has 0 saturated carbocycles. The maximum absolute atomic E-state index is 13.3. The van der Waals surface area contributed by atoms with Crippen LogP contribution in [-0.2, 0) is 6.42 Å². The molecular formula is C25H25N5O2. The third-order valence-corrected chi connectivity index (χ3v) is 6.17. The van der Waals surface area contributed by atoms with Gasteiger partial charge in [0.2, 0.25) is 0 Å². The van der Waals surface area contributed by atoms with Gasteiger partial charge in [0.15, 0.2) is 5.69 Å². The lowest BCUT2D eigenvalue weighted by atomic mass is 9.74. The monoisotopic (exact) mass is 427 g/mol. The first-order valence-electron chi connectivity index (χ1n) is 10.7. The summed E-state index contributed by atoms with van der Waals surface area (Å²) in [6, 6.07) is 15.1. The van der Waals surface area contributed by atoms with Gasteiger partial charge in [0.1, 0.15) is 0 Å². The highest BCUT2D eigenvalue weighted by Crippen LogP contribution is 2.41. The van der Waals surface area contributed by atoms with E-state index < -0.39 is 0 Å². The van der Waals surface area contributed by atoms with E-state index in [1.54, 1.807) is 24.3 Å². The molecule has 1 aliphatic rings. The first kappa shape index (κ1) is 20.2. The average molecular weight is 428 g/mol. The molecule has 0 spiro atoms. The Morgan fingerprint density at radius 2 is 1.84 bits per heavy atom. The van der Waals surface area contributed by atoms with Crippen LogP contribution in [0.1, 0.15) is 53.6 Å². The fourth-order valence-corrected chi connectivity index (χ4v) is 4.59. The largest absolute Gasteiger partial charge is 0.344 e. The number of H-pyrrole nitrogens is 1. The van der Waals surface area contributed by atoms with Gasteiger partial charge in [-0.2, -0.15) is 10.2 Å². The highest BCUT2D eigenvalue weighted by atomic mass is 16.2. The van der Waals surface area contributed by atoms with Crippen molar-refractivity contribution in [2.24, 2.45) is 5.41 Å². The Balaban J connectivity index is 1.52. The average Bonchev–Trinajstić information content (AvgIpc) is 3.17. The number of carbonyl (C=O) groups is 1. The van der Waals surface area contributed by atoms with Crippen LogP contribution in [0.3, 0.4) is 0 Å². The first-order valence-corrected chi connectivity index (χ1v) is 10.7. The van der Waals surface area contributed by atoms with Gasteiger partial charge in [-0.25, -0.2) is 9.78 Å². The van der Waals surface area contributed by atoms with Crippen molar-refractivity contribution in [1.82, 2.24) is 25.3 Å². The summed E-state index contributed by atoms with van der Waals surface area (Å²) in [6.45, 7) is 6.47. The molecule has 0 saturated heterocycles. The number of benzene rings is 2. The van der Waals surface area contributed by atoms with Crippen LogP contribution in [0.15, 0.2) is 59.5 Å². The molecule has 2 aromatic heterocycles. The molecule has 7 nitrogen and oxygen atoms in total. The second-order valence-corrected chi connectivity index (χ2v) is 9.31. The summed E-state index contributed by atoms with van der Waals surface area (Å²) < 4.78 is 1.97. The van der Waals surface area contributed by atoms with Crippen LogP contribution in [0.5, 0.6) is 0 Å². The Morgan fingerprint density at radius 1 is 1.12 bits per heavy atom. The Labute approximate surface area is 185 Å². The highest BCUT2D eigenvalue weighted by Gasteiger charge is 2.36. The zero-order valence-electron chi connectivity index (χ0n) is 18.3. The van der Waals surface area contributed by atoms with Crippen LogP contribution >= 0.6 is 0 Å². The van der Waals surface area contributed by atoms with E-state index in [1.165, 1.54) is 5.56 Å². The number of nitrogens with one attached hydrogen (secondary N) is 2. The predicted octanol–water partition coefficient (Wildman–Crippen LogP) is 3.86. The zero-order valence-corrected chi connectivity index (χ0v) is 18.3. The predicted molar refractivity (Wildman–Crippen MR) is 123 cm³/mol. The summed E-state index contributed by atoms with van der Waals surface area (Å²) in [5, 5.41) is 15.3. The van der Waals surface area contributed by atoms with Crippen molar-refractivity contribution < 1.29 is 4.79 Å². The quantitative estimate of drug-likeness (QED) is 0.519. The first-order chi connectivity index (χ1) is 15.3. The van der Waals surface area contributed by atoms with Gasteiger partial charge in [0.25, 0.3) is 11.5 Å². The van der Waals surface area contributed by atoms with E-state index >= 15 is 0 Å². The van der Waals surface area contributed by atoms with E-state index in [4.69, 9.17) is 0 Å². The van der Waals surface area contributed by atoms with Gasteiger partial charge in [-0.1, -0.05) is 49.7 Å². The second-order valence-electron chi connectivity index (χ2n) is 9.31. The molecule has 32 heavy (non-hydrogen) atoms. The summed E-state index contributed by atoms with van der Waals surface area (Å²) >= 11 is 0. The molecule has 162 valence electrons. The molecule has 2 N–H and O–H groups in total. The zero-order chi connectivity index (χ0) is 22.5. The third-order valence-electron chi connectivity index (χ3n) is 6.17. The van der Waals surface area contributed by atoms with Crippen molar-refractivity contribution in [2.75, 3.05) is 0 Å². The van der Waals surface area contributed by atoms with E-state index in [2.05, 4.69) is 65.6 Å². The molecule has 2 heterocycles. The summed E-state index contributed by atoms with van der Waals surface area (Å²) in [7, 11) is 0. The maximum Gasteiger partial charge on any atom is 0.272 e. The summed E-state index contributed by atoms with van der Waals surface area (Å²) in [6.07, 6.45) is 3.50. The molecule has 5 rings (SSSR count). The van der Waals surface area contributed by atoms with Gasteiger partial charge < -0.3 is 5.32 Å². The third kappa shape index (κ3) is 3.49. The van der Waals surface area contributed by atoms with E-state index in [1.807, 2.05) is 10.9 Å². The number of carbonyl (C=O) groups excluding carboxylic acids is 1. The summed E-state index contributed by atoms with van der Waals surface area (Å²) in [5.74, 6) is -0.311. The van der Waals surface area contributed by atoms with Gasteiger partial charge in [-0.05, 0) is 43.4 Å². The molecule has 0 fully saturated rings. The number of aromatic amines is 1. The van der Waals surface area contributed by atoms with Gasteiger partial charge in [-0.3, -0.25) is 9.59 Å². The van der Waals surface area contributed by atoms with Crippen LogP contribution in [0, 0.1) is 12.3 Å². The Kier molecular flexibility index (Phi) is 4.69. The molecule has 4 aromatic rings. The van der Waals surface area contributed by atoms with Crippen molar-refractivity contribution in [3.8, 4) is 5.69 Å². The number of hydrogen-bond donors (Lipinski definition) is 2. The van der Waals surface area contributed by atoms with Crippen molar-refractivity contribution in [3.05, 3.63) is 87.6 Å². The molecule has 0 unspecified atom stereocenters. The number of rotatable bonds is 3. The van der Waals surface area contributed by atoms with Gasteiger partial charge in [0.05, 0.1) is 29.0 Å². The lowest BCUT2D eigenvalue weighted by molar-refractivity contribution is 0.0915. The Morgan fingerprint density at radius 3 is 2.59 bits per heavy atom. The molecule has 0 radical (unpaired) electrons. The van der Waals surface area contributed by atoms with E-state index in [9.17, 15) is 9.59 Å². The SMILES string of the molecule is Cc1ccc(-n2ncc3c2CC(C)(C)C[C@@H]3NC(=O)c2n[nH]c(=O)c3ccccc23)cc1. The van der Waals surface area contributed by atoms with E-state index in [0.29, 0.717) is 10.8 Å². The number of nitrogens with zero attached hydrogens (tertiary/aromatic N) is 3. The number of aromatic nitrogens is 4. The fourth-order valence-electron chi connectivity index (χ4n) is 4.59. The Bertz CT molecular complexity index is 1380. The molecule has 2 aromatic carbocycles. The van der Waals surface area contributed by atoms with Gasteiger partial charge in [0, 0.05) is 10.9 Å².